The molecule has 0 saturated heterocycles. The van der Waals surface area contributed by atoms with Gasteiger partial charge in [-0.15, -0.1) is 22.7 Å². The molecular formula is C32H30N2O4S2. The van der Waals surface area contributed by atoms with Gasteiger partial charge in [0.2, 0.25) is 0 Å². The van der Waals surface area contributed by atoms with Crippen LogP contribution in [0.15, 0.2) is 79.1 Å². The maximum absolute atomic E-state index is 13.0. The van der Waals surface area contributed by atoms with Crippen LogP contribution in [0.3, 0.4) is 0 Å². The Hall–Kier alpha value is -3.88. The Morgan fingerprint density at radius 3 is 1.35 bits per heavy atom. The van der Waals surface area contributed by atoms with E-state index in [4.69, 9.17) is 8.83 Å². The first-order chi connectivity index (χ1) is 19.4. The molecule has 0 aliphatic heterocycles. The molecule has 6 rings (SSSR count). The molecule has 2 aromatic carbocycles. The van der Waals surface area contributed by atoms with Gasteiger partial charge in [-0.1, -0.05) is 0 Å². The summed E-state index contributed by atoms with van der Waals surface area (Å²) >= 11 is 3.06. The lowest BCUT2D eigenvalue weighted by Crippen LogP contribution is -2.21. The zero-order valence-electron chi connectivity index (χ0n) is 22.9. The van der Waals surface area contributed by atoms with Crippen LogP contribution in [-0.2, 0) is 0 Å². The lowest BCUT2D eigenvalue weighted by atomic mass is 10.1. The normalized spacial score (nSPS) is 11.6. The molecule has 0 saturated carbocycles. The predicted molar refractivity (Wildman–Crippen MR) is 170 cm³/mol. The van der Waals surface area contributed by atoms with Gasteiger partial charge < -0.3 is 18.6 Å². The van der Waals surface area contributed by atoms with Crippen LogP contribution in [-0.4, -0.2) is 26.2 Å². The van der Waals surface area contributed by atoms with Gasteiger partial charge in [0.15, 0.2) is 0 Å². The van der Waals surface area contributed by atoms with Gasteiger partial charge >= 0.3 is 11.3 Å². The Balaban J connectivity index is 1.34. The van der Waals surface area contributed by atoms with Crippen LogP contribution < -0.4 is 21.1 Å². The van der Waals surface area contributed by atoms with Crippen molar-refractivity contribution in [2.24, 2.45) is 0 Å². The van der Waals surface area contributed by atoms with E-state index in [9.17, 15) is 9.59 Å². The molecule has 4 aromatic heterocycles. The highest BCUT2D eigenvalue weighted by Gasteiger charge is 2.17. The molecule has 0 unspecified atom stereocenters. The van der Waals surface area contributed by atoms with Crippen molar-refractivity contribution in [3.63, 3.8) is 0 Å². The van der Waals surface area contributed by atoms with Gasteiger partial charge in [0, 0.05) is 79.6 Å². The zero-order valence-corrected chi connectivity index (χ0v) is 24.6. The van der Waals surface area contributed by atoms with E-state index >= 15 is 0 Å². The summed E-state index contributed by atoms with van der Waals surface area (Å²) in [5.74, 6) is 0. The highest BCUT2D eigenvalue weighted by atomic mass is 32.1. The molecule has 0 radical (unpaired) electrons. The summed E-state index contributed by atoms with van der Waals surface area (Å²) in [5.41, 5.74) is 3.66. The number of rotatable bonds is 8. The molecule has 204 valence electrons. The molecular weight excluding hydrogens is 540 g/mol. The second kappa shape index (κ2) is 10.6. The Morgan fingerprint density at radius 2 is 0.975 bits per heavy atom. The minimum absolute atomic E-state index is 0.349. The lowest BCUT2D eigenvalue weighted by molar-refractivity contribution is 0.563. The Labute approximate surface area is 239 Å². The third kappa shape index (κ3) is 4.61. The Kier molecular flexibility index (Phi) is 6.98. The van der Waals surface area contributed by atoms with Gasteiger partial charge in [-0.05, 0) is 76.2 Å². The van der Waals surface area contributed by atoms with Crippen LogP contribution in [0.25, 0.3) is 52.2 Å². The summed E-state index contributed by atoms with van der Waals surface area (Å²) in [7, 11) is 0. The van der Waals surface area contributed by atoms with Crippen LogP contribution in [0.2, 0.25) is 0 Å². The van der Waals surface area contributed by atoms with E-state index in [2.05, 4.69) is 49.6 Å². The number of hydrogen-bond donors (Lipinski definition) is 0. The molecule has 40 heavy (non-hydrogen) atoms. The van der Waals surface area contributed by atoms with Crippen LogP contribution in [0.4, 0.5) is 11.4 Å². The van der Waals surface area contributed by atoms with E-state index in [0.717, 1.165) is 67.5 Å². The number of thiophene rings is 2. The number of nitrogens with zero attached hydrogens (tertiary/aromatic N) is 2. The van der Waals surface area contributed by atoms with Crippen molar-refractivity contribution in [2.45, 2.75) is 27.7 Å². The fraction of sp³-hybridized carbons (Fsp3) is 0.250. The molecule has 6 aromatic rings. The minimum Gasteiger partial charge on any atom is -0.422 e. The third-order valence-electron chi connectivity index (χ3n) is 7.43. The molecule has 0 spiro atoms. The van der Waals surface area contributed by atoms with Crippen molar-refractivity contribution in [3.8, 4) is 20.9 Å². The summed E-state index contributed by atoms with van der Waals surface area (Å²) in [6.45, 7) is 12.0. The lowest BCUT2D eigenvalue weighted by Gasteiger charge is -2.21. The SMILES string of the molecule is CCN(CC)c1ccc2cc(-c3cc4sc(-c5cc6ccc(N(CC)CC)cc6oc5=O)cc4s3)c(=O)oc2c1. The number of hydrogen-bond acceptors (Lipinski definition) is 8. The molecule has 0 N–H and O–H groups in total. The van der Waals surface area contributed by atoms with Gasteiger partial charge in [0.05, 0.1) is 11.1 Å². The number of benzene rings is 2. The number of anilines is 2. The summed E-state index contributed by atoms with van der Waals surface area (Å²) in [6, 6.07) is 19.9. The van der Waals surface area contributed by atoms with Gasteiger partial charge in [0.1, 0.15) is 11.2 Å². The quantitative estimate of drug-likeness (QED) is 0.172. The van der Waals surface area contributed by atoms with Gasteiger partial charge in [-0.25, -0.2) is 9.59 Å². The molecule has 0 fully saturated rings. The summed E-state index contributed by atoms with van der Waals surface area (Å²) < 4.78 is 13.5. The molecule has 0 amide bonds. The minimum atomic E-state index is -0.349. The maximum Gasteiger partial charge on any atom is 0.345 e. The summed E-state index contributed by atoms with van der Waals surface area (Å²) in [6.07, 6.45) is 0. The molecule has 0 aliphatic rings. The topological polar surface area (TPSA) is 66.9 Å². The molecule has 0 atom stereocenters. The predicted octanol–water partition coefficient (Wildman–Crippen LogP) is 8.20. The van der Waals surface area contributed by atoms with Crippen molar-refractivity contribution in [2.75, 3.05) is 36.0 Å². The van der Waals surface area contributed by atoms with Gasteiger partial charge in [-0.3, -0.25) is 0 Å². The highest BCUT2D eigenvalue weighted by molar-refractivity contribution is 7.31. The first-order valence-electron chi connectivity index (χ1n) is 13.6. The van der Waals surface area contributed by atoms with Crippen molar-refractivity contribution in [1.82, 2.24) is 0 Å². The van der Waals surface area contributed by atoms with Gasteiger partial charge in [-0.2, -0.15) is 0 Å². The van der Waals surface area contributed by atoms with Crippen molar-refractivity contribution in [1.29, 1.82) is 0 Å². The van der Waals surface area contributed by atoms with Crippen LogP contribution in [0.5, 0.6) is 0 Å². The van der Waals surface area contributed by atoms with E-state index in [1.807, 2.05) is 48.5 Å². The van der Waals surface area contributed by atoms with E-state index < -0.39 is 0 Å². The zero-order chi connectivity index (χ0) is 28.0. The first-order valence-corrected chi connectivity index (χ1v) is 15.3. The summed E-state index contributed by atoms with van der Waals surface area (Å²) in [4.78, 5) is 32.1. The Morgan fingerprint density at radius 1 is 0.575 bits per heavy atom. The van der Waals surface area contributed by atoms with Crippen molar-refractivity contribution < 1.29 is 8.83 Å². The first kappa shape index (κ1) is 26.3. The average molecular weight is 571 g/mol. The average Bonchev–Trinajstić information content (AvgIpc) is 3.53. The Bertz CT molecular complexity index is 1800. The smallest absolute Gasteiger partial charge is 0.345 e. The monoisotopic (exact) mass is 570 g/mol. The summed E-state index contributed by atoms with van der Waals surface area (Å²) in [5, 5.41) is 1.78. The molecule has 0 bridgehead atoms. The molecule has 0 aliphatic carbocycles. The largest absolute Gasteiger partial charge is 0.422 e. The van der Waals surface area contributed by atoms with E-state index in [0.29, 0.717) is 22.3 Å². The second-order valence-electron chi connectivity index (χ2n) is 9.63. The standard InChI is InChI=1S/C32H30N2O4S2/c1-5-33(6-2)21-11-9-19-13-23(31(35)37-25(19)15-21)27-17-29-30(39-27)18-28(40-29)24-14-20-10-12-22(34(7-3)8-4)16-26(20)38-32(24)36/h9-18H,5-8H2,1-4H3. The van der Waals surface area contributed by atoms with E-state index in [1.54, 1.807) is 0 Å². The highest BCUT2D eigenvalue weighted by Crippen LogP contribution is 2.41. The van der Waals surface area contributed by atoms with Gasteiger partial charge in [0.25, 0.3) is 0 Å². The molecule has 6 nitrogen and oxygen atoms in total. The third-order valence-corrected chi connectivity index (χ3v) is 9.79. The van der Waals surface area contributed by atoms with E-state index in [1.165, 1.54) is 22.7 Å². The van der Waals surface area contributed by atoms with Crippen molar-refractivity contribution in [3.05, 3.63) is 81.5 Å². The van der Waals surface area contributed by atoms with Crippen LogP contribution in [0, 0.1) is 0 Å². The van der Waals surface area contributed by atoms with Crippen molar-refractivity contribution >= 4 is 65.4 Å². The fourth-order valence-electron chi connectivity index (χ4n) is 5.22. The maximum atomic E-state index is 13.0. The van der Waals surface area contributed by atoms with Crippen LogP contribution >= 0.6 is 22.7 Å². The number of fused-ring (bicyclic) bond motifs is 3. The molecule has 8 heteroatoms. The molecule has 4 heterocycles. The van der Waals surface area contributed by atoms with Crippen LogP contribution in [0.1, 0.15) is 27.7 Å². The fourth-order valence-corrected chi connectivity index (χ4v) is 7.62. The second-order valence-corrected chi connectivity index (χ2v) is 11.8. The van der Waals surface area contributed by atoms with E-state index in [-0.39, 0.29) is 11.3 Å².